The van der Waals surface area contributed by atoms with Crippen LogP contribution >= 0.6 is 0 Å². The second-order valence-corrected chi connectivity index (χ2v) is 10.2. The molecule has 188 valence electrons. The summed E-state index contributed by atoms with van der Waals surface area (Å²) in [5, 5.41) is 12.0. The Kier molecular flexibility index (Phi) is 8.67. The number of nitrogens with zero attached hydrogens (tertiary/aromatic N) is 1. The smallest absolute Gasteiger partial charge is 0.274 e. The Morgan fingerprint density at radius 3 is 2.06 bits per heavy atom. The van der Waals surface area contributed by atoms with Gasteiger partial charge in [0.2, 0.25) is 5.91 Å². The van der Waals surface area contributed by atoms with E-state index in [4.69, 9.17) is 5.21 Å². The standard InChI is InChI=1S/C28H37N3O4/c1-19(2)21-14-16-23(17-15-21)26(33)31(18-20-10-12-22(13-11-20)25(32)30-35)28(3,4)27(34)29-24-8-6-5-7-9-24/h10-17,19,24,35H,5-9,18H2,1-4H3,(H,29,34)(H,30,32). The summed E-state index contributed by atoms with van der Waals surface area (Å²) in [6.45, 7) is 7.94. The summed E-state index contributed by atoms with van der Waals surface area (Å²) in [6, 6.07) is 14.3. The number of carbonyl (C=O) groups is 3. The van der Waals surface area contributed by atoms with Crippen molar-refractivity contribution < 1.29 is 19.6 Å². The van der Waals surface area contributed by atoms with Crippen molar-refractivity contribution in [1.29, 1.82) is 0 Å². The molecule has 0 unspecified atom stereocenters. The topological polar surface area (TPSA) is 98.7 Å². The summed E-state index contributed by atoms with van der Waals surface area (Å²) < 4.78 is 0. The Morgan fingerprint density at radius 1 is 0.943 bits per heavy atom. The molecule has 0 aliphatic heterocycles. The van der Waals surface area contributed by atoms with Gasteiger partial charge in [0.25, 0.3) is 11.8 Å². The zero-order valence-corrected chi connectivity index (χ0v) is 21.1. The van der Waals surface area contributed by atoms with Gasteiger partial charge in [0.15, 0.2) is 0 Å². The fourth-order valence-electron chi connectivity index (χ4n) is 4.43. The van der Waals surface area contributed by atoms with Gasteiger partial charge in [-0.25, -0.2) is 5.48 Å². The fraction of sp³-hybridized carbons (Fsp3) is 0.464. The van der Waals surface area contributed by atoms with E-state index in [1.54, 1.807) is 48.5 Å². The molecule has 3 amide bonds. The molecule has 7 nitrogen and oxygen atoms in total. The third kappa shape index (κ3) is 6.48. The SMILES string of the molecule is CC(C)c1ccc(C(=O)N(Cc2ccc(C(=O)NO)cc2)C(C)(C)C(=O)NC2CCCCC2)cc1. The van der Waals surface area contributed by atoms with Crippen LogP contribution in [-0.2, 0) is 11.3 Å². The first-order valence-electron chi connectivity index (χ1n) is 12.4. The maximum Gasteiger partial charge on any atom is 0.274 e. The average molecular weight is 480 g/mol. The van der Waals surface area contributed by atoms with Gasteiger partial charge in [-0.2, -0.15) is 0 Å². The third-order valence-corrected chi connectivity index (χ3v) is 6.90. The summed E-state index contributed by atoms with van der Waals surface area (Å²) in [5.74, 6) is -0.668. The molecule has 35 heavy (non-hydrogen) atoms. The van der Waals surface area contributed by atoms with Crippen LogP contribution < -0.4 is 10.8 Å². The number of hydrogen-bond donors (Lipinski definition) is 3. The van der Waals surface area contributed by atoms with Gasteiger partial charge >= 0.3 is 0 Å². The molecule has 1 saturated carbocycles. The monoisotopic (exact) mass is 479 g/mol. The minimum atomic E-state index is -1.10. The predicted octanol–water partition coefficient (Wildman–Crippen LogP) is 4.80. The van der Waals surface area contributed by atoms with Crippen LogP contribution in [0.1, 0.15) is 97.6 Å². The fourth-order valence-corrected chi connectivity index (χ4v) is 4.43. The predicted molar refractivity (Wildman–Crippen MR) is 135 cm³/mol. The van der Waals surface area contributed by atoms with E-state index in [0.717, 1.165) is 36.8 Å². The van der Waals surface area contributed by atoms with Gasteiger partial charge in [-0.1, -0.05) is 57.4 Å². The van der Waals surface area contributed by atoms with Crippen LogP contribution in [0.4, 0.5) is 0 Å². The molecule has 0 aromatic heterocycles. The summed E-state index contributed by atoms with van der Waals surface area (Å²) in [4.78, 5) is 40.5. The normalized spacial score (nSPS) is 14.5. The van der Waals surface area contributed by atoms with Crippen LogP contribution in [0.3, 0.4) is 0 Å². The highest BCUT2D eigenvalue weighted by atomic mass is 16.5. The van der Waals surface area contributed by atoms with Crippen molar-refractivity contribution in [3.8, 4) is 0 Å². The highest BCUT2D eigenvalue weighted by Gasteiger charge is 2.39. The number of benzene rings is 2. The molecule has 0 bridgehead atoms. The molecule has 0 saturated heterocycles. The minimum Gasteiger partial charge on any atom is -0.351 e. The lowest BCUT2D eigenvalue weighted by Crippen LogP contribution is -2.58. The molecule has 3 N–H and O–H groups in total. The molecule has 0 heterocycles. The molecule has 0 spiro atoms. The lowest BCUT2D eigenvalue weighted by atomic mass is 9.93. The number of hydroxylamine groups is 1. The van der Waals surface area contributed by atoms with Gasteiger partial charge in [-0.3, -0.25) is 19.6 Å². The number of carbonyl (C=O) groups excluding carboxylic acids is 3. The molecule has 1 aliphatic carbocycles. The van der Waals surface area contributed by atoms with Crippen molar-refractivity contribution in [2.45, 2.75) is 83.8 Å². The van der Waals surface area contributed by atoms with Gasteiger partial charge in [0, 0.05) is 23.7 Å². The van der Waals surface area contributed by atoms with Gasteiger partial charge < -0.3 is 10.2 Å². The molecule has 2 aromatic carbocycles. The van der Waals surface area contributed by atoms with E-state index in [0.29, 0.717) is 17.0 Å². The van der Waals surface area contributed by atoms with E-state index in [9.17, 15) is 14.4 Å². The third-order valence-electron chi connectivity index (χ3n) is 6.90. The van der Waals surface area contributed by atoms with E-state index in [2.05, 4.69) is 19.2 Å². The van der Waals surface area contributed by atoms with E-state index in [1.165, 1.54) is 6.42 Å². The summed E-state index contributed by atoms with van der Waals surface area (Å²) in [7, 11) is 0. The number of nitrogens with one attached hydrogen (secondary N) is 2. The van der Waals surface area contributed by atoms with Gasteiger partial charge in [-0.05, 0) is 68.0 Å². The largest absolute Gasteiger partial charge is 0.351 e. The summed E-state index contributed by atoms with van der Waals surface area (Å²) >= 11 is 0. The van der Waals surface area contributed by atoms with Crippen molar-refractivity contribution in [1.82, 2.24) is 15.7 Å². The van der Waals surface area contributed by atoms with Crippen molar-refractivity contribution in [3.63, 3.8) is 0 Å². The Labute approximate surface area is 207 Å². The number of hydrogen-bond acceptors (Lipinski definition) is 4. The van der Waals surface area contributed by atoms with E-state index in [-0.39, 0.29) is 24.4 Å². The van der Waals surface area contributed by atoms with E-state index >= 15 is 0 Å². The second-order valence-electron chi connectivity index (χ2n) is 10.2. The van der Waals surface area contributed by atoms with Crippen molar-refractivity contribution in [2.24, 2.45) is 0 Å². The van der Waals surface area contributed by atoms with Crippen molar-refractivity contribution in [2.75, 3.05) is 0 Å². The number of amides is 3. The maximum absolute atomic E-state index is 13.7. The first-order valence-corrected chi connectivity index (χ1v) is 12.4. The van der Waals surface area contributed by atoms with Crippen LogP contribution in [0, 0.1) is 0 Å². The lowest BCUT2D eigenvalue weighted by molar-refractivity contribution is -0.131. The van der Waals surface area contributed by atoms with Crippen LogP contribution in [-0.4, -0.2) is 39.4 Å². The first kappa shape index (κ1) is 26.4. The Hall–Kier alpha value is -3.19. The van der Waals surface area contributed by atoms with Crippen LogP contribution in [0.25, 0.3) is 0 Å². The first-order chi connectivity index (χ1) is 16.6. The Morgan fingerprint density at radius 2 is 1.51 bits per heavy atom. The second kappa shape index (κ2) is 11.5. The van der Waals surface area contributed by atoms with E-state index in [1.807, 2.05) is 24.3 Å². The quantitative estimate of drug-likeness (QED) is 0.374. The molecule has 1 aliphatic rings. The molecular weight excluding hydrogens is 442 g/mol. The van der Waals surface area contributed by atoms with Crippen molar-refractivity contribution in [3.05, 3.63) is 70.8 Å². The molecule has 1 fully saturated rings. The van der Waals surface area contributed by atoms with Gasteiger partial charge in [0.05, 0.1) is 0 Å². The number of rotatable bonds is 8. The van der Waals surface area contributed by atoms with Crippen LogP contribution in [0.2, 0.25) is 0 Å². The Bertz CT molecular complexity index is 1020. The summed E-state index contributed by atoms with van der Waals surface area (Å²) in [6.07, 6.45) is 5.31. The molecule has 0 atom stereocenters. The minimum absolute atomic E-state index is 0.133. The molecular formula is C28H37N3O4. The zero-order valence-electron chi connectivity index (χ0n) is 21.1. The van der Waals surface area contributed by atoms with E-state index < -0.39 is 11.4 Å². The maximum atomic E-state index is 13.7. The molecule has 2 aromatic rings. The highest BCUT2D eigenvalue weighted by Crippen LogP contribution is 2.25. The molecule has 0 radical (unpaired) electrons. The van der Waals surface area contributed by atoms with Crippen LogP contribution in [0.5, 0.6) is 0 Å². The highest BCUT2D eigenvalue weighted by molar-refractivity contribution is 5.99. The average Bonchev–Trinajstić information content (AvgIpc) is 2.87. The molecule has 3 rings (SSSR count). The summed E-state index contributed by atoms with van der Waals surface area (Å²) in [5.41, 5.74) is 3.23. The Balaban J connectivity index is 1.89. The molecule has 7 heteroatoms. The van der Waals surface area contributed by atoms with Gasteiger partial charge in [-0.15, -0.1) is 0 Å². The lowest BCUT2D eigenvalue weighted by Gasteiger charge is -2.39. The van der Waals surface area contributed by atoms with Crippen LogP contribution in [0.15, 0.2) is 48.5 Å². The zero-order chi connectivity index (χ0) is 25.6. The van der Waals surface area contributed by atoms with Gasteiger partial charge in [0.1, 0.15) is 5.54 Å². The van der Waals surface area contributed by atoms with Crippen molar-refractivity contribution >= 4 is 17.7 Å².